The van der Waals surface area contributed by atoms with E-state index in [1.54, 1.807) is 6.92 Å². The number of amides is 2. The zero-order valence-electron chi connectivity index (χ0n) is 20.3. The number of benzene rings is 2. The molecule has 2 amide bonds. The second kappa shape index (κ2) is 10.7. The van der Waals surface area contributed by atoms with Crippen molar-refractivity contribution in [1.29, 1.82) is 0 Å². The molecule has 34 heavy (non-hydrogen) atoms. The molecule has 0 spiro atoms. The van der Waals surface area contributed by atoms with Gasteiger partial charge in [-0.3, -0.25) is 9.59 Å². The molecule has 2 unspecified atom stereocenters. The third-order valence-corrected chi connectivity index (χ3v) is 6.90. The highest BCUT2D eigenvalue weighted by Crippen LogP contribution is 2.44. The van der Waals surface area contributed by atoms with Gasteiger partial charge in [-0.15, -0.1) is 0 Å². The smallest absolute Gasteiger partial charge is 0.407 e. The van der Waals surface area contributed by atoms with Gasteiger partial charge < -0.3 is 20.5 Å². The number of hydrogen-bond acceptors (Lipinski definition) is 4. The maximum absolute atomic E-state index is 12.8. The molecule has 1 aliphatic carbocycles. The van der Waals surface area contributed by atoms with Crippen LogP contribution in [0.3, 0.4) is 0 Å². The fourth-order valence-corrected chi connectivity index (χ4v) is 4.31. The number of rotatable bonds is 10. The predicted molar refractivity (Wildman–Crippen MR) is 130 cm³/mol. The first-order valence-corrected chi connectivity index (χ1v) is 11.8. The molecule has 2 atom stereocenters. The Balaban J connectivity index is 1.56. The summed E-state index contributed by atoms with van der Waals surface area (Å²) < 4.78 is 5.56. The van der Waals surface area contributed by atoms with Crippen LogP contribution in [0.1, 0.15) is 51.2 Å². The molecule has 0 saturated heterocycles. The first-order valence-electron chi connectivity index (χ1n) is 11.8. The first-order chi connectivity index (χ1) is 16.2. The number of carboxylic acids is 1. The number of carbonyl (C=O) groups excluding carboxylic acids is 2. The Morgan fingerprint density at radius 1 is 1.00 bits per heavy atom. The van der Waals surface area contributed by atoms with Crippen molar-refractivity contribution in [3.05, 3.63) is 59.7 Å². The van der Waals surface area contributed by atoms with Crippen LogP contribution in [0, 0.1) is 17.3 Å². The van der Waals surface area contributed by atoms with Crippen molar-refractivity contribution < 1.29 is 24.2 Å². The lowest BCUT2D eigenvalue weighted by molar-refractivity contribution is -0.143. The van der Waals surface area contributed by atoms with Crippen LogP contribution in [0.4, 0.5) is 4.79 Å². The molecule has 182 valence electrons. The summed E-state index contributed by atoms with van der Waals surface area (Å²) in [6.45, 7) is 7.56. The number of aliphatic carboxylic acids is 1. The molecule has 2 aromatic carbocycles. The van der Waals surface area contributed by atoms with E-state index in [1.807, 2.05) is 45.0 Å². The lowest BCUT2D eigenvalue weighted by Crippen LogP contribution is -2.48. The number of carboxylic acid groups (broad SMARTS) is 1. The molecule has 0 fully saturated rings. The summed E-state index contributed by atoms with van der Waals surface area (Å²) in [4.78, 5) is 36.7. The molecular weight excluding hydrogens is 432 g/mol. The van der Waals surface area contributed by atoms with Crippen molar-refractivity contribution in [2.45, 2.75) is 40.0 Å². The Morgan fingerprint density at radius 3 is 2.06 bits per heavy atom. The van der Waals surface area contributed by atoms with Gasteiger partial charge in [0.15, 0.2) is 0 Å². The van der Waals surface area contributed by atoms with Crippen molar-refractivity contribution in [2.24, 2.45) is 17.3 Å². The Kier molecular flexibility index (Phi) is 7.97. The van der Waals surface area contributed by atoms with Crippen molar-refractivity contribution >= 4 is 18.0 Å². The lowest BCUT2D eigenvalue weighted by Gasteiger charge is -2.28. The van der Waals surface area contributed by atoms with Crippen LogP contribution in [0.5, 0.6) is 0 Å². The van der Waals surface area contributed by atoms with E-state index >= 15 is 0 Å². The molecule has 1 aliphatic rings. The summed E-state index contributed by atoms with van der Waals surface area (Å²) in [6, 6.07) is 16.2. The highest BCUT2D eigenvalue weighted by atomic mass is 16.5. The number of alkyl carbamates (subject to hydrolysis) is 1. The van der Waals surface area contributed by atoms with E-state index in [0.717, 1.165) is 22.3 Å². The molecule has 7 heteroatoms. The topological polar surface area (TPSA) is 105 Å². The lowest BCUT2D eigenvalue weighted by atomic mass is 9.86. The van der Waals surface area contributed by atoms with Crippen LogP contribution in [-0.2, 0) is 14.3 Å². The second-order valence-electron chi connectivity index (χ2n) is 9.49. The molecule has 0 aliphatic heterocycles. The minimum absolute atomic E-state index is 0.0389. The Hall–Kier alpha value is -3.35. The zero-order chi connectivity index (χ0) is 24.9. The van der Waals surface area contributed by atoms with Crippen molar-refractivity contribution in [1.82, 2.24) is 10.6 Å². The van der Waals surface area contributed by atoms with E-state index < -0.39 is 23.4 Å². The highest BCUT2D eigenvalue weighted by Gasteiger charge is 2.34. The van der Waals surface area contributed by atoms with Crippen LogP contribution >= 0.6 is 0 Å². The summed E-state index contributed by atoms with van der Waals surface area (Å²) >= 11 is 0. The van der Waals surface area contributed by atoms with Gasteiger partial charge >= 0.3 is 12.1 Å². The number of hydrogen-bond donors (Lipinski definition) is 3. The molecule has 3 N–H and O–H groups in total. The van der Waals surface area contributed by atoms with Crippen LogP contribution in [0.25, 0.3) is 11.1 Å². The minimum Gasteiger partial charge on any atom is -0.481 e. The van der Waals surface area contributed by atoms with E-state index in [4.69, 9.17) is 4.74 Å². The van der Waals surface area contributed by atoms with Gasteiger partial charge in [0.25, 0.3) is 0 Å². The molecule has 0 saturated carbocycles. The highest BCUT2D eigenvalue weighted by molar-refractivity contribution is 5.84. The Labute approximate surface area is 200 Å². The maximum atomic E-state index is 12.8. The Bertz CT molecular complexity index is 1010. The van der Waals surface area contributed by atoms with E-state index in [0.29, 0.717) is 6.42 Å². The fourth-order valence-electron chi connectivity index (χ4n) is 4.31. The van der Waals surface area contributed by atoms with Gasteiger partial charge in [0.05, 0.1) is 11.3 Å². The summed E-state index contributed by atoms with van der Waals surface area (Å²) in [7, 11) is 0. The Morgan fingerprint density at radius 2 is 1.56 bits per heavy atom. The fraction of sp³-hybridized carbons (Fsp3) is 0.444. The maximum Gasteiger partial charge on any atom is 0.407 e. The van der Waals surface area contributed by atoms with E-state index in [2.05, 4.69) is 34.9 Å². The normalized spacial score (nSPS) is 15.1. The van der Waals surface area contributed by atoms with Crippen LogP contribution in [0.2, 0.25) is 0 Å². The molecule has 0 heterocycles. The molecule has 7 nitrogen and oxygen atoms in total. The summed E-state index contributed by atoms with van der Waals surface area (Å²) in [5.74, 6) is -2.04. The second-order valence-corrected chi connectivity index (χ2v) is 9.49. The van der Waals surface area contributed by atoms with E-state index in [1.165, 1.54) is 0 Å². The summed E-state index contributed by atoms with van der Waals surface area (Å²) in [6.07, 6.45) is -0.109. The van der Waals surface area contributed by atoms with Crippen LogP contribution < -0.4 is 10.6 Å². The van der Waals surface area contributed by atoms with Crippen LogP contribution in [0.15, 0.2) is 48.5 Å². The average molecular weight is 467 g/mol. The first kappa shape index (κ1) is 25.3. The number of carbonyl (C=O) groups is 3. The molecule has 0 bridgehead atoms. The van der Waals surface area contributed by atoms with Gasteiger partial charge in [-0.2, -0.15) is 0 Å². The van der Waals surface area contributed by atoms with Gasteiger partial charge in [0.2, 0.25) is 5.91 Å². The van der Waals surface area contributed by atoms with Crippen molar-refractivity contribution in [2.75, 3.05) is 19.7 Å². The largest absolute Gasteiger partial charge is 0.481 e. The molecule has 3 rings (SSSR count). The van der Waals surface area contributed by atoms with Gasteiger partial charge in [0.1, 0.15) is 6.61 Å². The molecule has 0 radical (unpaired) electrons. The van der Waals surface area contributed by atoms with E-state index in [9.17, 15) is 19.5 Å². The van der Waals surface area contributed by atoms with E-state index in [-0.39, 0.29) is 37.4 Å². The third-order valence-electron chi connectivity index (χ3n) is 6.90. The standard InChI is InChI=1S/C27H34N2O5/c1-5-27(4,25(32)28-14-22(17(2)3)24(30)31)16-29-26(33)34-15-23-20-12-8-6-10-18(20)19-11-7-9-13-21(19)23/h6-13,17,22-23H,5,14-16H2,1-4H3,(H,28,32)(H,29,33)(H,30,31). The van der Waals surface area contributed by atoms with Gasteiger partial charge in [-0.25, -0.2) is 4.79 Å². The van der Waals surface area contributed by atoms with Crippen molar-refractivity contribution in [3.8, 4) is 11.1 Å². The van der Waals surface area contributed by atoms with Crippen molar-refractivity contribution in [3.63, 3.8) is 0 Å². The van der Waals surface area contributed by atoms with Gasteiger partial charge in [0, 0.05) is 19.0 Å². The molecular formula is C27H34N2O5. The van der Waals surface area contributed by atoms with Gasteiger partial charge in [-0.1, -0.05) is 69.3 Å². The monoisotopic (exact) mass is 466 g/mol. The summed E-state index contributed by atoms with van der Waals surface area (Å²) in [5, 5.41) is 14.8. The number of ether oxygens (including phenoxy) is 1. The molecule has 2 aromatic rings. The van der Waals surface area contributed by atoms with Gasteiger partial charge in [-0.05, 0) is 41.5 Å². The SMILES string of the molecule is CCC(C)(CNC(=O)OCC1c2ccccc2-c2ccccc21)C(=O)NCC(C(=O)O)C(C)C. The third kappa shape index (κ3) is 5.41. The minimum atomic E-state index is -0.940. The van der Waals surface area contributed by atoms with Crippen LogP contribution in [-0.4, -0.2) is 42.8 Å². The number of nitrogens with one attached hydrogen (secondary N) is 2. The quantitative estimate of drug-likeness (QED) is 0.481. The predicted octanol–water partition coefficient (Wildman–Crippen LogP) is 4.41. The summed E-state index contributed by atoms with van der Waals surface area (Å²) in [5.41, 5.74) is 3.69. The number of fused-ring (bicyclic) bond motifs is 3. The average Bonchev–Trinajstić information content (AvgIpc) is 3.14. The molecule has 0 aromatic heterocycles. The zero-order valence-corrected chi connectivity index (χ0v) is 20.3.